The molecule has 0 saturated carbocycles. The Morgan fingerprint density at radius 3 is 2.03 bits per heavy atom. The maximum absolute atomic E-state index is 7.34. The molecule has 0 aliphatic carbocycles. The number of fused-ring (bicyclic) bond motifs is 2. The molecule has 2 aliphatic rings. The van der Waals surface area contributed by atoms with Crippen molar-refractivity contribution in [1.82, 2.24) is 9.80 Å². The Morgan fingerprint density at radius 1 is 0.867 bits per heavy atom. The Labute approximate surface area is 183 Å². The van der Waals surface area contributed by atoms with Crippen LogP contribution in [-0.4, -0.2) is 48.6 Å². The van der Waals surface area contributed by atoms with Crippen LogP contribution >= 0.6 is 0 Å². The summed E-state index contributed by atoms with van der Waals surface area (Å²) >= 11 is 0. The number of rotatable bonds is 6. The Kier molecular flexibility index (Phi) is 6.07. The normalized spacial score (nSPS) is 23.6. The van der Waals surface area contributed by atoms with Gasteiger partial charge in [-0.25, -0.2) is 0 Å². The van der Waals surface area contributed by atoms with Crippen LogP contribution in [0.25, 0.3) is 0 Å². The van der Waals surface area contributed by atoms with Gasteiger partial charge in [0.25, 0.3) is 0 Å². The maximum atomic E-state index is 7.34. The Bertz CT molecular complexity index is 831. The molecule has 1 fully saturated rings. The lowest BCUT2D eigenvalue weighted by Gasteiger charge is -2.42. The first kappa shape index (κ1) is 21.5. The zero-order chi connectivity index (χ0) is 21.4. The van der Waals surface area contributed by atoms with Gasteiger partial charge in [0.05, 0.1) is 5.60 Å². The molecule has 0 radical (unpaired) electrons. The van der Waals surface area contributed by atoms with Gasteiger partial charge in [0.2, 0.25) is 0 Å². The van der Waals surface area contributed by atoms with Crippen LogP contribution in [0.4, 0.5) is 0 Å². The van der Waals surface area contributed by atoms with Crippen molar-refractivity contribution in [3.63, 3.8) is 0 Å². The molecule has 2 aromatic carbocycles. The van der Waals surface area contributed by atoms with E-state index in [1.54, 1.807) is 0 Å². The molecular weight excluding hydrogens is 368 g/mol. The van der Waals surface area contributed by atoms with Crippen molar-refractivity contribution in [1.29, 1.82) is 0 Å². The fourth-order valence-corrected chi connectivity index (χ4v) is 5.68. The summed E-state index contributed by atoms with van der Waals surface area (Å²) in [6, 6.07) is 21.0. The molecule has 3 heteroatoms. The number of hydrogen-bond donors (Lipinski definition) is 0. The minimum Gasteiger partial charge on any atom is -0.354 e. The predicted octanol–water partition coefficient (Wildman–Crippen LogP) is 5.39. The SMILES string of the molecule is CC(C)N(CCC1(c2ccccc2)OC2(CCN(C)CC2)c2ccccc21)C(C)C. The van der Waals surface area contributed by atoms with E-state index in [1.807, 2.05) is 0 Å². The summed E-state index contributed by atoms with van der Waals surface area (Å²) in [6.07, 6.45) is 3.10. The average Bonchev–Trinajstić information content (AvgIpc) is 3.02. The highest BCUT2D eigenvalue weighted by Gasteiger charge is 2.54. The lowest BCUT2D eigenvalue weighted by Crippen LogP contribution is -2.45. The van der Waals surface area contributed by atoms with Crippen molar-refractivity contribution in [2.45, 2.75) is 70.2 Å². The smallest absolute Gasteiger partial charge is 0.121 e. The van der Waals surface area contributed by atoms with E-state index in [0.717, 1.165) is 38.9 Å². The highest BCUT2D eigenvalue weighted by molar-refractivity contribution is 5.48. The molecule has 4 rings (SSSR count). The van der Waals surface area contributed by atoms with Crippen LogP contribution in [0, 0.1) is 0 Å². The van der Waals surface area contributed by atoms with Crippen LogP contribution in [-0.2, 0) is 15.9 Å². The maximum Gasteiger partial charge on any atom is 0.121 e. The van der Waals surface area contributed by atoms with Gasteiger partial charge in [-0.05, 0) is 70.7 Å². The van der Waals surface area contributed by atoms with Gasteiger partial charge in [-0.3, -0.25) is 4.90 Å². The van der Waals surface area contributed by atoms with Crippen molar-refractivity contribution in [3.05, 3.63) is 71.3 Å². The van der Waals surface area contributed by atoms with E-state index in [2.05, 4.69) is 99.1 Å². The summed E-state index contributed by atoms with van der Waals surface area (Å²) in [5.41, 5.74) is 3.55. The summed E-state index contributed by atoms with van der Waals surface area (Å²) in [6.45, 7) is 12.4. The lowest BCUT2D eigenvalue weighted by molar-refractivity contribution is -0.151. The van der Waals surface area contributed by atoms with Gasteiger partial charge >= 0.3 is 0 Å². The van der Waals surface area contributed by atoms with Gasteiger partial charge in [0, 0.05) is 31.7 Å². The Balaban J connectivity index is 1.79. The Hall–Kier alpha value is -1.68. The summed E-state index contributed by atoms with van der Waals surface area (Å²) in [4.78, 5) is 5.02. The molecule has 1 unspecified atom stereocenters. The molecule has 1 atom stereocenters. The number of ether oxygens (including phenoxy) is 1. The average molecular weight is 407 g/mol. The quantitative estimate of drug-likeness (QED) is 0.640. The van der Waals surface area contributed by atoms with Crippen molar-refractivity contribution in [2.75, 3.05) is 26.7 Å². The fraction of sp³-hybridized carbons (Fsp3) is 0.556. The molecule has 3 nitrogen and oxygen atoms in total. The van der Waals surface area contributed by atoms with E-state index in [1.165, 1.54) is 16.7 Å². The zero-order valence-corrected chi connectivity index (χ0v) is 19.4. The largest absolute Gasteiger partial charge is 0.354 e. The van der Waals surface area contributed by atoms with E-state index in [9.17, 15) is 0 Å². The monoisotopic (exact) mass is 406 g/mol. The third kappa shape index (κ3) is 3.72. The van der Waals surface area contributed by atoms with Gasteiger partial charge in [-0.2, -0.15) is 0 Å². The second-order valence-electron chi connectivity index (χ2n) is 9.81. The number of benzene rings is 2. The van der Waals surface area contributed by atoms with E-state index in [4.69, 9.17) is 4.74 Å². The summed E-state index contributed by atoms with van der Waals surface area (Å²) in [5, 5.41) is 0. The molecule has 0 bridgehead atoms. The van der Waals surface area contributed by atoms with Crippen LogP contribution in [0.5, 0.6) is 0 Å². The molecule has 0 N–H and O–H groups in total. The standard InChI is InChI=1S/C27H38N2O/c1-21(2)29(22(3)4)20-17-27(23-11-7-6-8-12-23)25-14-10-9-13-24(25)26(30-27)15-18-28(5)19-16-26/h6-14,21-22H,15-20H2,1-5H3. The molecule has 1 saturated heterocycles. The molecule has 2 heterocycles. The molecular formula is C27H38N2O. The number of nitrogens with zero attached hydrogens (tertiary/aromatic N) is 2. The molecule has 0 aromatic heterocycles. The second-order valence-corrected chi connectivity index (χ2v) is 9.81. The van der Waals surface area contributed by atoms with Crippen molar-refractivity contribution >= 4 is 0 Å². The number of hydrogen-bond acceptors (Lipinski definition) is 3. The van der Waals surface area contributed by atoms with E-state index in [0.29, 0.717) is 12.1 Å². The topological polar surface area (TPSA) is 15.7 Å². The van der Waals surface area contributed by atoms with Gasteiger partial charge < -0.3 is 9.64 Å². The summed E-state index contributed by atoms with van der Waals surface area (Å²) in [5.74, 6) is 0. The zero-order valence-electron chi connectivity index (χ0n) is 19.4. The third-order valence-corrected chi connectivity index (χ3v) is 7.31. The van der Waals surface area contributed by atoms with Gasteiger partial charge in [0.15, 0.2) is 0 Å². The second kappa shape index (κ2) is 8.45. The van der Waals surface area contributed by atoms with Crippen LogP contribution in [0.1, 0.15) is 63.6 Å². The summed E-state index contributed by atoms with van der Waals surface area (Å²) in [7, 11) is 2.22. The van der Waals surface area contributed by atoms with E-state index >= 15 is 0 Å². The van der Waals surface area contributed by atoms with Crippen LogP contribution in [0.2, 0.25) is 0 Å². The van der Waals surface area contributed by atoms with Crippen molar-refractivity contribution in [3.8, 4) is 0 Å². The van der Waals surface area contributed by atoms with Crippen LogP contribution in [0.15, 0.2) is 54.6 Å². The molecule has 30 heavy (non-hydrogen) atoms. The van der Waals surface area contributed by atoms with Crippen LogP contribution in [0.3, 0.4) is 0 Å². The van der Waals surface area contributed by atoms with E-state index < -0.39 is 0 Å². The number of piperidine rings is 1. The molecule has 0 amide bonds. The molecule has 1 spiro atoms. The van der Waals surface area contributed by atoms with Crippen molar-refractivity contribution in [2.24, 2.45) is 0 Å². The minimum absolute atomic E-state index is 0.167. The first-order chi connectivity index (χ1) is 14.4. The first-order valence-electron chi connectivity index (χ1n) is 11.7. The first-order valence-corrected chi connectivity index (χ1v) is 11.7. The predicted molar refractivity (Wildman–Crippen MR) is 125 cm³/mol. The molecule has 2 aromatic rings. The highest BCUT2D eigenvalue weighted by Crippen LogP contribution is 2.56. The Morgan fingerprint density at radius 2 is 1.43 bits per heavy atom. The van der Waals surface area contributed by atoms with Crippen molar-refractivity contribution < 1.29 is 4.74 Å². The summed E-state index contributed by atoms with van der Waals surface area (Å²) < 4.78 is 7.34. The van der Waals surface area contributed by atoms with Gasteiger partial charge in [-0.15, -0.1) is 0 Å². The fourth-order valence-electron chi connectivity index (χ4n) is 5.68. The highest BCUT2D eigenvalue weighted by atomic mass is 16.5. The molecule has 162 valence electrons. The lowest BCUT2D eigenvalue weighted by atomic mass is 9.79. The minimum atomic E-state index is -0.379. The third-order valence-electron chi connectivity index (χ3n) is 7.31. The van der Waals surface area contributed by atoms with Gasteiger partial charge in [-0.1, -0.05) is 54.6 Å². The number of likely N-dealkylation sites (tertiary alicyclic amines) is 1. The van der Waals surface area contributed by atoms with Gasteiger partial charge in [0.1, 0.15) is 5.60 Å². The van der Waals surface area contributed by atoms with E-state index in [-0.39, 0.29) is 11.2 Å². The molecule has 2 aliphatic heterocycles. The van der Waals surface area contributed by atoms with Crippen LogP contribution < -0.4 is 0 Å².